The van der Waals surface area contributed by atoms with Gasteiger partial charge in [0.1, 0.15) is 12.4 Å². The molecule has 1 N–H and O–H groups in total. The molecule has 3 nitrogen and oxygen atoms in total. The lowest BCUT2D eigenvalue weighted by Crippen LogP contribution is -2.31. The third-order valence-corrected chi connectivity index (χ3v) is 5.47. The Labute approximate surface area is 182 Å². The number of hydrogen-bond donors (Lipinski definition) is 1. The number of hydrogen-bond acceptors (Lipinski definition) is 3. The van der Waals surface area contributed by atoms with Crippen molar-refractivity contribution in [1.82, 2.24) is 4.90 Å². The summed E-state index contributed by atoms with van der Waals surface area (Å²) in [6.07, 6.45) is 4.02. The summed E-state index contributed by atoms with van der Waals surface area (Å²) in [6.45, 7) is 7.49. The number of ether oxygens (including phenoxy) is 1. The van der Waals surface area contributed by atoms with Crippen LogP contribution in [0.5, 0.6) is 5.75 Å². The Balaban J connectivity index is 2.08. The average molecular weight is 469 g/mol. The van der Waals surface area contributed by atoms with E-state index in [1.807, 2.05) is 42.5 Å². The van der Waals surface area contributed by atoms with Gasteiger partial charge in [0.25, 0.3) is 0 Å². The predicted molar refractivity (Wildman–Crippen MR) is 121 cm³/mol. The molecule has 0 saturated carbocycles. The van der Waals surface area contributed by atoms with Gasteiger partial charge in [-0.15, -0.1) is 0 Å². The van der Waals surface area contributed by atoms with E-state index in [2.05, 4.69) is 34.7 Å². The quantitative estimate of drug-likeness (QED) is 0.380. The predicted octanol–water partition coefficient (Wildman–Crippen LogP) is 6.62. The number of unbranched alkanes of at least 4 members (excludes halogenated alkanes) is 2. The van der Waals surface area contributed by atoms with E-state index in [0.717, 1.165) is 60.1 Å². The molecule has 28 heavy (non-hydrogen) atoms. The van der Waals surface area contributed by atoms with Gasteiger partial charge in [-0.05, 0) is 61.8 Å². The molecule has 5 heteroatoms. The number of nitrogens with zero attached hydrogens (tertiary/aromatic N) is 1. The highest BCUT2D eigenvalue weighted by Crippen LogP contribution is 2.30. The van der Waals surface area contributed by atoms with Crippen molar-refractivity contribution in [3.63, 3.8) is 0 Å². The molecule has 0 aromatic heterocycles. The minimum absolute atomic E-state index is 0.438. The van der Waals surface area contributed by atoms with Crippen LogP contribution >= 0.6 is 27.5 Å². The second kappa shape index (κ2) is 12.5. The fraction of sp³-hybridized carbons (Fsp3) is 0.478. The molecular weight excluding hydrogens is 438 g/mol. The van der Waals surface area contributed by atoms with Crippen LogP contribution in [0.3, 0.4) is 0 Å². The van der Waals surface area contributed by atoms with Crippen LogP contribution in [0.25, 0.3) is 0 Å². The summed E-state index contributed by atoms with van der Waals surface area (Å²) in [5.41, 5.74) is 1.86. The van der Waals surface area contributed by atoms with Crippen LogP contribution in [0.4, 0.5) is 0 Å². The molecule has 0 amide bonds. The molecule has 0 fully saturated rings. The maximum Gasteiger partial charge on any atom is 0.125 e. The zero-order valence-corrected chi connectivity index (χ0v) is 19.2. The minimum atomic E-state index is -0.591. The van der Waals surface area contributed by atoms with Gasteiger partial charge in [-0.2, -0.15) is 0 Å². The van der Waals surface area contributed by atoms with E-state index < -0.39 is 6.10 Å². The SMILES string of the molecule is CCCCN(CCCC)CC(O)c1cc(Br)ccc1OCc1ccc(Cl)cc1. The van der Waals surface area contributed by atoms with Crippen LogP contribution in [0, 0.1) is 0 Å². The molecule has 2 aromatic rings. The molecule has 154 valence electrons. The lowest BCUT2D eigenvalue weighted by atomic mass is 10.1. The molecule has 1 unspecified atom stereocenters. The molecule has 0 saturated heterocycles. The third kappa shape index (κ3) is 7.75. The van der Waals surface area contributed by atoms with Gasteiger partial charge < -0.3 is 14.7 Å². The van der Waals surface area contributed by atoms with Crippen LogP contribution < -0.4 is 4.74 Å². The maximum atomic E-state index is 11.0. The van der Waals surface area contributed by atoms with Crippen molar-refractivity contribution >= 4 is 27.5 Å². The molecule has 0 radical (unpaired) electrons. The summed E-state index contributed by atoms with van der Waals surface area (Å²) >= 11 is 9.47. The summed E-state index contributed by atoms with van der Waals surface area (Å²) in [5, 5.41) is 11.7. The first kappa shape index (κ1) is 23.2. The van der Waals surface area contributed by atoms with Gasteiger partial charge >= 0.3 is 0 Å². The first-order valence-corrected chi connectivity index (χ1v) is 11.3. The van der Waals surface area contributed by atoms with E-state index in [9.17, 15) is 5.11 Å². The topological polar surface area (TPSA) is 32.7 Å². The van der Waals surface area contributed by atoms with Crippen molar-refractivity contribution in [2.75, 3.05) is 19.6 Å². The van der Waals surface area contributed by atoms with Crippen LogP contribution in [-0.4, -0.2) is 29.6 Å². The summed E-state index contributed by atoms with van der Waals surface area (Å²) in [4.78, 5) is 2.36. The first-order valence-electron chi connectivity index (χ1n) is 10.1. The number of aliphatic hydroxyl groups excluding tert-OH is 1. The number of halogens is 2. The normalized spacial score (nSPS) is 12.4. The lowest BCUT2D eigenvalue weighted by molar-refractivity contribution is 0.107. The van der Waals surface area contributed by atoms with Gasteiger partial charge in [0.15, 0.2) is 0 Å². The average Bonchev–Trinajstić information content (AvgIpc) is 2.70. The second-order valence-electron chi connectivity index (χ2n) is 7.12. The van der Waals surface area contributed by atoms with Gasteiger partial charge in [-0.25, -0.2) is 0 Å². The Morgan fingerprint density at radius 2 is 1.68 bits per heavy atom. The molecule has 0 aliphatic carbocycles. The zero-order chi connectivity index (χ0) is 20.4. The molecular formula is C23H31BrClNO2. The molecule has 0 bridgehead atoms. The lowest BCUT2D eigenvalue weighted by Gasteiger charge is -2.26. The number of rotatable bonds is 12. The molecule has 2 aromatic carbocycles. The third-order valence-electron chi connectivity index (χ3n) is 4.73. The Bertz CT molecular complexity index is 700. The highest BCUT2D eigenvalue weighted by Gasteiger charge is 2.18. The minimum Gasteiger partial charge on any atom is -0.489 e. The van der Waals surface area contributed by atoms with Gasteiger partial charge in [-0.1, -0.05) is 66.4 Å². The van der Waals surface area contributed by atoms with Gasteiger partial charge in [0.2, 0.25) is 0 Å². The summed E-state index contributed by atoms with van der Waals surface area (Å²) in [7, 11) is 0. The van der Waals surface area contributed by atoms with Gasteiger partial charge in [0, 0.05) is 21.6 Å². The fourth-order valence-electron chi connectivity index (χ4n) is 3.05. The highest BCUT2D eigenvalue weighted by molar-refractivity contribution is 9.10. The van der Waals surface area contributed by atoms with Crippen LogP contribution in [0.15, 0.2) is 46.9 Å². The molecule has 2 rings (SSSR count). The van der Waals surface area contributed by atoms with Crippen LogP contribution in [-0.2, 0) is 6.61 Å². The van der Waals surface area contributed by atoms with E-state index >= 15 is 0 Å². The Morgan fingerprint density at radius 3 is 2.29 bits per heavy atom. The van der Waals surface area contributed by atoms with Crippen molar-refractivity contribution in [2.45, 2.75) is 52.2 Å². The van der Waals surface area contributed by atoms with E-state index in [4.69, 9.17) is 16.3 Å². The van der Waals surface area contributed by atoms with Gasteiger partial charge in [0.05, 0.1) is 6.10 Å². The maximum absolute atomic E-state index is 11.0. The molecule has 0 heterocycles. The van der Waals surface area contributed by atoms with Crippen molar-refractivity contribution in [3.05, 3.63) is 63.1 Å². The van der Waals surface area contributed by atoms with Crippen molar-refractivity contribution in [3.8, 4) is 5.75 Å². The zero-order valence-electron chi connectivity index (χ0n) is 16.8. The molecule has 0 aliphatic rings. The van der Waals surface area contributed by atoms with E-state index in [1.165, 1.54) is 0 Å². The smallest absolute Gasteiger partial charge is 0.125 e. The standard InChI is InChI=1S/C23H31BrClNO2/c1-3-5-13-26(14-6-4-2)16-22(27)21-15-19(24)9-12-23(21)28-17-18-7-10-20(25)11-8-18/h7-12,15,22,27H,3-6,13-14,16-17H2,1-2H3. The van der Waals surface area contributed by atoms with Crippen LogP contribution in [0.1, 0.15) is 56.8 Å². The van der Waals surface area contributed by atoms with E-state index in [-0.39, 0.29) is 0 Å². The van der Waals surface area contributed by atoms with Crippen molar-refractivity contribution in [2.24, 2.45) is 0 Å². The molecule has 0 spiro atoms. The van der Waals surface area contributed by atoms with E-state index in [0.29, 0.717) is 18.2 Å². The fourth-order valence-corrected chi connectivity index (χ4v) is 3.56. The van der Waals surface area contributed by atoms with E-state index in [1.54, 1.807) is 0 Å². The Hall–Kier alpha value is -1.07. The largest absolute Gasteiger partial charge is 0.489 e. The van der Waals surface area contributed by atoms with Gasteiger partial charge in [-0.3, -0.25) is 0 Å². The monoisotopic (exact) mass is 467 g/mol. The summed E-state index contributed by atoms with van der Waals surface area (Å²) in [6, 6.07) is 13.4. The number of aliphatic hydroxyl groups is 1. The Kier molecular flexibility index (Phi) is 10.3. The highest BCUT2D eigenvalue weighted by atomic mass is 79.9. The first-order chi connectivity index (χ1) is 13.5. The Morgan fingerprint density at radius 1 is 1.04 bits per heavy atom. The van der Waals surface area contributed by atoms with Crippen molar-refractivity contribution in [1.29, 1.82) is 0 Å². The second-order valence-corrected chi connectivity index (χ2v) is 8.47. The van der Waals surface area contributed by atoms with Crippen molar-refractivity contribution < 1.29 is 9.84 Å². The van der Waals surface area contributed by atoms with Crippen LogP contribution in [0.2, 0.25) is 5.02 Å². The molecule has 0 aliphatic heterocycles. The number of benzene rings is 2. The molecule has 1 atom stereocenters. The summed E-state index contributed by atoms with van der Waals surface area (Å²) < 4.78 is 6.98. The summed E-state index contributed by atoms with van der Waals surface area (Å²) in [5.74, 6) is 0.719.